The summed E-state index contributed by atoms with van der Waals surface area (Å²) < 4.78 is 6.29. The molecule has 0 bridgehead atoms. The van der Waals surface area contributed by atoms with E-state index in [-0.39, 0.29) is 12.4 Å². The summed E-state index contributed by atoms with van der Waals surface area (Å²) >= 11 is 0. The number of aryl methyl sites for hydroxylation is 1. The van der Waals surface area contributed by atoms with Gasteiger partial charge in [-0.05, 0) is 13.0 Å². The third kappa shape index (κ3) is 2.60. The van der Waals surface area contributed by atoms with E-state index in [0.717, 1.165) is 17.0 Å². The number of hydrogen-bond acceptors (Lipinski definition) is 5. The first-order chi connectivity index (χ1) is 10.2. The molecule has 6 nitrogen and oxygen atoms in total. The molecule has 6 heteroatoms. The van der Waals surface area contributed by atoms with Crippen molar-refractivity contribution in [3.8, 4) is 11.3 Å². The maximum absolute atomic E-state index is 11.3. The number of methoxy groups -OCH3 is 1. The van der Waals surface area contributed by atoms with Gasteiger partial charge in [0.15, 0.2) is 5.82 Å². The molecule has 2 aromatic heterocycles. The molecule has 3 rings (SSSR count). The maximum atomic E-state index is 11.3. The lowest BCUT2D eigenvalue weighted by atomic mass is 10.1. The van der Waals surface area contributed by atoms with Crippen LogP contribution in [0.1, 0.15) is 11.5 Å². The number of carbonyl (C=O) groups is 1. The van der Waals surface area contributed by atoms with Gasteiger partial charge < -0.3 is 4.74 Å². The van der Waals surface area contributed by atoms with E-state index >= 15 is 0 Å². The van der Waals surface area contributed by atoms with Crippen molar-refractivity contribution in [2.75, 3.05) is 7.11 Å². The van der Waals surface area contributed by atoms with Crippen LogP contribution in [0.4, 0.5) is 0 Å². The van der Waals surface area contributed by atoms with Crippen LogP contribution in [0, 0.1) is 6.92 Å². The van der Waals surface area contributed by atoms with Crippen molar-refractivity contribution in [1.29, 1.82) is 0 Å². The summed E-state index contributed by atoms with van der Waals surface area (Å²) in [6.45, 7) is 1.90. The number of rotatable bonds is 3. The van der Waals surface area contributed by atoms with Gasteiger partial charge >= 0.3 is 5.97 Å². The number of esters is 1. The molecule has 0 N–H and O–H groups in total. The lowest BCUT2D eigenvalue weighted by Crippen LogP contribution is -2.06. The van der Waals surface area contributed by atoms with Crippen LogP contribution in [0.5, 0.6) is 0 Å². The lowest BCUT2D eigenvalue weighted by Gasteiger charge is -2.04. The summed E-state index contributed by atoms with van der Waals surface area (Å²) in [6, 6.07) is 11.8. The molecule has 1 aromatic carbocycles. The average molecular weight is 282 g/mol. The summed E-state index contributed by atoms with van der Waals surface area (Å²) in [4.78, 5) is 20.0. The zero-order valence-corrected chi connectivity index (χ0v) is 11.8. The Bertz CT molecular complexity index is 796. The number of benzene rings is 1. The first kappa shape index (κ1) is 13.2. The second-order valence-electron chi connectivity index (χ2n) is 4.64. The topological polar surface area (TPSA) is 69.4 Å². The minimum absolute atomic E-state index is 0.0349. The molecule has 0 fully saturated rings. The van der Waals surface area contributed by atoms with Gasteiger partial charge in [-0.15, -0.1) is 5.10 Å². The zero-order valence-electron chi connectivity index (χ0n) is 11.8. The first-order valence-corrected chi connectivity index (χ1v) is 6.53. The normalized spacial score (nSPS) is 10.8. The number of aromatic nitrogens is 4. The highest BCUT2D eigenvalue weighted by Crippen LogP contribution is 2.20. The van der Waals surface area contributed by atoms with E-state index in [9.17, 15) is 4.79 Å². The van der Waals surface area contributed by atoms with Crippen LogP contribution < -0.4 is 0 Å². The van der Waals surface area contributed by atoms with Crippen LogP contribution >= 0.6 is 0 Å². The summed E-state index contributed by atoms with van der Waals surface area (Å²) in [6.07, 6.45) is 0.0349. The molecular formula is C15H14N4O2. The van der Waals surface area contributed by atoms with E-state index in [2.05, 4.69) is 19.8 Å². The molecule has 0 saturated carbocycles. The van der Waals surface area contributed by atoms with E-state index in [1.807, 2.05) is 43.3 Å². The fraction of sp³-hybridized carbons (Fsp3) is 0.200. The Labute approximate surface area is 121 Å². The highest BCUT2D eigenvalue weighted by Gasteiger charge is 2.13. The SMILES string of the molecule is COC(=O)Cc1nc2nc(C)cc(-c3ccccc3)n2n1. The number of carbonyl (C=O) groups excluding carboxylic acids is 1. The van der Waals surface area contributed by atoms with Crippen LogP contribution in [-0.2, 0) is 16.0 Å². The van der Waals surface area contributed by atoms with Gasteiger partial charge in [0, 0.05) is 11.3 Å². The van der Waals surface area contributed by atoms with Crippen molar-refractivity contribution in [2.45, 2.75) is 13.3 Å². The molecule has 0 aliphatic heterocycles. The predicted octanol–water partition coefficient (Wildman–Crippen LogP) is 1.82. The molecule has 106 valence electrons. The smallest absolute Gasteiger partial charge is 0.313 e. The van der Waals surface area contributed by atoms with Crippen molar-refractivity contribution >= 4 is 11.7 Å². The molecule has 0 aliphatic carbocycles. The van der Waals surface area contributed by atoms with Crippen LogP contribution in [0.25, 0.3) is 17.0 Å². The van der Waals surface area contributed by atoms with E-state index < -0.39 is 0 Å². The van der Waals surface area contributed by atoms with E-state index in [1.54, 1.807) is 4.52 Å². The van der Waals surface area contributed by atoms with Crippen molar-refractivity contribution in [2.24, 2.45) is 0 Å². The van der Waals surface area contributed by atoms with E-state index in [4.69, 9.17) is 0 Å². The van der Waals surface area contributed by atoms with Crippen molar-refractivity contribution in [3.05, 3.63) is 47.9 Å². The Morgan fingerprint density at radius 3 is 2.71 bits per heavy atom. The average Bonchev–Trinajstić information content (AvgIpc) is 2.89. The standard InChI is InChI=1S/C15H14N4O2/c1-10-8-12(11-6-4-3-5-7-11)19-15(16-10)17-13(18-19)9-14(20)21-2/h3-8H,9H2,1-2H3. The number of nitrogens with zero attached hydrogens (tertiary/aromatic N) is 4. The Kier molecular flexibility index (Phi) is 3.35. The summed E-state index contributed by atoms with van der Waals surface area (Å²) in [5.41, 5.74) is 2.75. The number of fused-ring (bicyclic) bond motifs is 1. The molecule has 0 atom stereocenters. The largest absolute Gasteiger partial charge is 0.469 e. The number of hydrogen-bond donors (Lipinski definition) is 0. The Hall–Kier alpha value is -2.76. The predicted molar refractivity (Wildman–Crippen MR) is 76.7 cm³/mol. The molecule has 3 aromatic rings. The lowest BCUT2D eigenvalue weighted by molar-refractivity contribution is -0.139. The van der Waals surface area contributed by atoms with Crippen LogP contribution in [0.2, 0.25) is 0 Å². The Morgan fingerprint density at radius 1 is 1.24 bits per heavy atom. The second kappa shape index (κ2) is 5.32. The molecule has 21 heavy (non-hydrogen) atoms. The molecule has 0 saturated heterocycles. The molecule has 0 spiro atoms. The van der Waals surface area contributed by atoms with Gasteiger partial charge in [0.1, 0.15) is 6.42 Å². The molecule has 0 aliphatic rings. The second-order valence-corrected chi connectivity index (χ2v) is 4.64. The van der Waals surface area contributed by atoms with Crippen molar-refractivity contribution in [1.82, 2.24) is 19.6 Å². The first-order valence-electron chi connectivity index (χ1n) is 6.53. The maximum Gasteiger partial charge on any atom is 0.313 e. The fourth-order valence-corrected chi connectivity index (χ4v) is 2.12. The van der Waals surface area contributed by atoms with Gasteiger partial charge in [0.25, 0.3) is 5.78 Å². The van der Waals surface area contributed by atoms with Crippen LogP contribution in [0.15, 0.2) is 36.4 Å². The van der Waals surface area contributed by atoms with Gasteiger partial charge in [-0.1, -0.05) is 30.3 Å². The minimum atomic E-state index is -0.371. The monoisotopic (exact) mass is 282 g/mol. The van der Waals surface area contributed by atoms with Gasteiger partial charge in [0.2, 0.25) is 0 Å². The third-order valence-corrected chi connectivity index (χ3v) is 3.08. The van der Waals surface area contributed by atoms with Gasteiger partial charge in [-0.3, -0.25) is 4.79 Å². The zero-order chi connectivity index (χ0) is 14.8. The number of ether oxygens (including phenoxy) is 1. The van der Waals surface area contributed by atoms with E-state index in [1.165, 1.54) is 7.11 Å². The summed E-state index contributed by atoms with van der Waals surface area (Å²) in [5, 5.41) is 4.36. The van der Waals surface area contributed by atoms with Gasteiger partial charge in [0.05, 0.1) is 12.8 Å². The van der Waals surface area contributed by atoms with Crippen LogP contribution in [-0.4, -0.2) is 32.7 Å². The highest BCUT2D eigenvalue weighted by atomic mass is 16.5. The Morgan fingerprint density at radius 2 is 2.00 bits per heavy atom. The van der Waals surface area contributed by atoms with Crippen molar-refractivity contribution < 1.29 is 9.53 Å². The summed E-state index contributed by atoms with van der Waals surface area (Å²) in [7, 11) is 1.34. The van der Waals surface area contributed by atoms with Crippen molar-refractivity contribution in [3.63, 3.8) is 0 Å². The molecule has 0 amide bonds. The van der Waals surface area contributed by atoms with Gasteiger partial charge in [-0.2, -0.15) is 9.50 Å². The quantitative estimate of drug-likeness (QED) is 0.685. The molecule has 2 heterocycles. The molecule has 0 radical (unpaired) electrons. The van der Waals surface area contributed by atoms with Crippen LogP contribution in [0.3, 0.4) is 0 Å². The molecule has 0 unspecified atom stereocenters. The minimum Gasteiger partial charge on any atom is -0.469 e. The Balaban J connectivity index is 2.14. The summed E-state index contributed by atoms with van der Waals surface area (Å²) in [5.74, 6) is 0.508. The fourth-order valence-electron chi connectivity index (χ4n) is 2.12. The van der Waals surface area contributed by atoms with E-state index in [0.29, 0.717) is 11.6 Å². The highest BCUT2D eigenvalue weighted by molar-refractivity contribution is 5.71. The molecular weight excluding hydrogens is 268 g/mol. The van der Waals surface area contributed by atoms with Gasteiger partial charge in [-0.25, -0.2) is 4.98 Å². The third-order valence-electron chi connectivity index (χ3n) is 3.08.